The van der Waals surface area contributed by atoms with E-state index in [9.17, 15) is 4.79 Å². The van der Waals surface area contributed by atoms with Crippen molar-refractivity contribution in [1.29, 1.82) is 0 Å². The minimum atomic E-state index is -0.360. The van der Waals surface area contributed by atoms with Gasteiger partial charge in [0.05, 0.1) is 0 Å². The molecule has 0 saturated carbocycles. The molecular weight excluding hydrogens is 263 g/mol. The maximum absolute atomic E-state index is 10.7. The lowest BCUT2D eigenvalue weighted by molar-refractivity contribution is -0.111. The van der Waals surface area contributed by atoms with Crippen LogP contribution in [0.25, 0.3) is 0 Å². The van der Waals surface area contributed by atoms with Crippen molar-refractivity contribution in [1.82, 2.24) is 0 Å². The van der Waals surface area contributed by atoms with E-state index in [-0.39, 0.29) is 5.41 Å². The van der Waals surface area contributed by atoms with Crippen molar-refractivity contribution < 1.29 is 4.79 Å². The molecule has 0 unspecified atom stereocenters. The summed E-state index contributed by atoms with van der Waals surface area (Å²) in [4.78, 5) is 10.7. The number of carbonyl (C=O) groups is 1. The van der Waals surface area contributed by atoms with Gasteiger partial charge < -0.3 is 4.79 Å². The molecule has 0 N–H and O–H groups in total. The summed E-state index contributed by atoms with van der Waals surface area (Å²) in [5.74, 6) is 0. The fourth-order valence-corrected chi connectivity index (χ4v) is 1.50. The molecule has 1 aromatic rings. The summed E-state index contributed by atoms with van der Waals surface area (Å²) in [6.07, 6.45) is 0.985. The fraction of sp³-hybridized carbons (Fsp3) is 0.300. The van der Waals surface area contributed by atoms with Crippen LogP contribution in [0.4, 0.5) is 0 Å². The summed E-state index contributed by atoms with van der Waals surface area (Å²) in [7, 11) is 0. The standard InChI is InChI=1S/C10H11IO/c1-10(2,7-12)8-4-3-5-9(11)6-8/h3-7H,1-2H3. The maximum Gasteiger partial charge on any atom is 0.129 e. The number of aldehydes is 1. The summed E-state index contributed by atoms with van der Waals surface area (Å²) in [5.41, 5.74) is 0.714. The molecule has 0 aromatic heterocycles. The molecule has 0 aliphatic heterocycles. The Hall–Kier alpha value is -0.380. The number of hydrogen-bond donors (Lipinski definition) is 0. The van der Waals surface area contributed by atoms with Gasteiger partial charge in [0, 0.05) is 8.99 Å². The first-order chi connectivity index (χ1) is 5.56. The van der Waals surface area contributed by atoms with Crippen LogP contribution < -0.4 is 0 Å². The number of carbonyl (C=O) groups excluding carboxylic acids is 1. The van der Waals surface area contributed by atoms with Gasteiger partial charge in [0.25, 0.3) is 0 Å². The van der Waals surface area contributed by atoms with Crippen LogP contribution in [-0.2, 0) is 10.2 Å². The normalized spacial score (nSPS) is 11.2. The van der Waals surface area contributed by atoms with Gasteiger partial charge in [-0.3, -0.25) is 0 Å². The minimum Gasteiger partial charge on any atom is -0.302 e. The Balaban J connectivity index is 3.11. The topological polar surface area (TPSA) is 17.1 Å². The van der Waals surface area contributed by atoms with E-state index in [4.69, 9.17) is 0 Å². The van der Waals surface area contributed by atoms with Crippen LogP contribution in [-0.4, -0.2) is 6.29 Å². The largest absolute Gasteiger partial charge is 0.302 e. The van der Waals surface area contributed by atoms with Gasteiger partial charge in [-0.25, -0.2) is 0 Å². The highest BCUT2D eigenvalue weighted by molar-refractivity contribution is 14.1. The van der Waals surface area contributed by atoms with Crippen LogP contribution >= 0.6 is 22.6 Å². The van der Waals surface area contributed by atoms with E-state index in [1.54, 1.807) is 0 Å². The molecule has 12 heavy (non-hydrogen) atoms. The quantitative estimate of drug-likeness (QED) is 0.598. The highest BCUT2D eigenvalue weighted by Crippen LogP contribution is 2.21. The van der Waals surface area contributed by atoms with Crippen LogP contribution in [0.15, 0.2) is 24.3 Å². The second kappa shape index (κ2) is 3.56. The van der Waals surface area contributed by atoms with E-state index in [1.165, 1.54) is 3.57 Å². The van der Waals surface area contributed by atoms with E-state index < -0.39 is 0 Å². The number of halogens is 1. The zero-order valence-corrected chi connectivity index (χ0v) is 9.33. The Morgan fingerprint density at radius 2 is 2.08 bits per heavy atom. The van der Waals surface area contributed by atoms with Gasteiger partial charge in [-0.05, 0) is 54.1 Å². The molecule has 0 fully saturated rings. The van der Waals surface area contributed by atoms with E-state index >= 15 is 0 Å². The van der Waals surface area contributed by atoms with E-state index in [0.717, 1.165) is 11.8 Å². The molecule has 0 aliphatic carbocycles. The number of rotatable bonds is 2. The SMILES string of the molecule is CC(C)(C=O)c1cccc(I)c1. The molecule has 0 amide bonds. The van der Waals surface area contributed by atoms with Crippen LogP contribution in [0.3, 0.4) is 0 Å². The average Bonchev–Trinajstić information content (AvgIpc) is 2.05. The van der Waals surface area contributed by atoms with Gasteiger partial charge >= 0.3 is 0 Å². The summed E-state index contributed by atoms with van der Waals surface area (Å²) < 4.78 is 1.17. The number of benzene rings is 1. The first kappa shape index (κ1) is 9.71. The van der Waals surface area contributed by atoms with Gasteiger partial charge in [0.2, 0.25) is 0 Å². The van der Waals surface area contributed by atoms with Crippen molar-refractivity contribution >= 4 is 28.9 Å². The van der Waals surface area contributed by atoms with Crippen molar-refractivity contribution in [3.05, 3.63) is 33.4 Å². The lowest BCUT2D eigenvalue weighted by Crippen LogP contribution is -2.18. The summed E-state index contributed by atoms with van der Waals surface area (Å²) in [5, 5.41) is 0. The molecule has 0 atom stereocenters. The van der Waals surface area contributed by atoms with Crippen LogP contribution in [0.1, 0.15) is 19.4 Å². The molecule has 0 radical (unpaired) electrons. The highest BCUT2D eigenvalue weighted by atomic mass is 127. The Labute approximate surface area is 86.3 Å². The van der Waals surface area contributed by atoms with Crippen molar-refractivity contribution in [2.75, 3.05) is 0 Å². The smallest absolute Gasteiger partial charge is 0.129 e. The lowest BCUT2D eigenvalue weighted by atomic mass is 9.87. The molecule has 0 saturated heterocycles. The highest BCUT2D eigenvalue weighted by Gasteiger charge is 2.18. The van der Waals surface area contributed by atoms with E-state index in [2.05, 4.69) is 22.6 Å². The van der Waals surface area contributed by atoms with Gasteiger partial charge in [-0.1, -0.05) is 12.1 Å². The fourth-order valence-electron chi connectivity index (χ4n) is 0.957. The zero-order chi connectivity index (χ0) is 9.19. The predicted octanol–water partition coefficient (Wildman–Crippen LogP) is 2.77. The predicted molar refractivity (Wildman–Crippen MR) is 58.2 cm³/mol. The Morgan fingerprint density at radius 1 is 1.42 bits per heavy atom. The van der Waals surface area contributed by atoms with Crippen molar-refractivity contribution in [3.63, 3.8) is 0 Å². The molecule has 64 valence electrons. The third-order valence-electron chi connectivity index (χ3n) is 1.86. The van der Waals surface area contributed by atoms with Crippen LogP contribution in [0, 0.1) is 3.57 Å². The average molecular weight is 274 g/mol. The molecule has 0 aliphatic rings. The molecule has 0 heterocycles. The van der Waals surface area contributed by atoms with E-state index in [1.807, 2.05) is 38.1 Å². The second-order valence-electron chi connectivity index (χ2n) is 3.35. The molecule has 2 heteroatoms. The molecule has 1 rings (SSSR count). The van der Waals surface area contributed by atoms with Crippen LogP contribution in [0.5, 0.6) is 0 Å². The summed E-state index contributed by atoms with van der Waals surface area (Å²) in [6, 6.07) is 8.01. The van der Waals surface area contributed by atoms with Gasteiger partial charge in [0.15, 0.2) is 0 Å². The van der Waals surface area contributed by atoms with Gasteiger partial charge in [-0.15, -0.1) is 0 Å². The van der Waals surface area contributed by atoms with E-state index in [0.29, 0.717) is 0 Å². The van der Waals surface area contributed by atoms with Gasteiger partial charge in [-0.2, -0.15) is 0 Å². The third kappa shape index (κ3) is 2.06. The zero-order valence-electron chi connectivity index (χ0n) is 7.17. The monoisotopic (exact) mass is 274 g/mol. The molecule has 0 bridgehead atoms. The molecule has 1 aromatic carbocycles. The summed E-state index contributed by atoms with van der Waals surface area (Å²) >= 11 is 2.25. The molecule has 1 nitrogen and oxygen atoms in total. The summed E-state index contributed by atoms with van der Waals surface area (Å²) in [6.45, 7) is 3.84. The second-order valence-corrected chi connectivity index (χ2v) is 4.60. The Morgan fingerprint density at radius 3 is 2.58 bits per heavy atom. The molecular formula is C10H11IO. The minimum absolute atomic E-state index is 0.360. The maximum atomic E-state index is 10.7. The van der Waals surface area contributed by atoms with Gasteiger partial charge in [0.1, 0.15) is 6.29 Å². The van der Waals surface area contributed by atoms with Crippen molar-refractivity contribution in [3.8, 4) is 0 Å². The first-order valence-electron chi connectivity index (χ1n) is 3.78. The number of hydrogen-bond acceptors (Lipinski definition) is 1. The van der Waals surface area contributed by atoms with Crippen molar-refractivity contribution in [2.24, 2.45) is 0 Å². The molecule has 0 spiro atoms. The van der Waals surface area contributed by atoms with Crippen molar-refractivity contribution in [2.45, 2.75) is 19.3 Å². The van der Waals surface area contributed by atoms with Crippen LogP contribution in [0.2, 0.25) is 0 Å². The Kier molecular flexibility index (Phi) is 2.88. The third-order valence-corrected chi connectivity index (χ3v) is 2.53. The Bertz CT molecular complexity index is 292. The lowest BCUT2D eigenvalue weighted by Gasteiger charge is -2.17. The first-order valence-corrected chi connectivity index (χ1v) is 4.86.